The van der Waals surface area contributed by atoms with Crippen LogP contribution in [0.3, 0.4) is 0 Å². The van der Waals surface area contributed by atoms with Crippen LogP contribution in [0.15, 0.2) is 52.4 Å². The van der Waals surface area contributed by atoms with Gasteiger partial charge >= 0.3 is 0 Å². The second-order valence-corrected chi connectivity index (χ2v) is 6.44. The van der Waals surface area contributed by atoms with Crippen molar-refractivity contribution in [2.75, 3.05) is 5.75 Å². The van der Waals surface area contributed by atoms with Gasteiger partial charge in [0.25, 0.3) is 0 Å². The van der Waals surface area contributed by atoms with Crippen molar-refractivity contribution in [3.63, 3.8) is 0 Å². The highest BCUT2D eigenvalue weighted by Crippen LogP contribution is 2.38. The minimum Gasteiger partial charge on any atom is -0.387 e. The summed E-state index contributed by atoms with van der Waals surface area (Å²) in [6.07, 6.45) is 0. The summed E-state index contributed by atoms with van der Waals surface area (Å²) in [6, 6.07) is 13.5. The van der Waals surface area contributed by atoms with Gasteiger partial charge in [-0.15, -0.1) is 11.8 Å². The predicted octanol–water partition coefficient (Wildman–Crippen LogP) is 4.87. The van der Waals surface area contributed by atoms with Crippen molar-refractivity contribution in [3.05, 3.63) is 58.1 Å². The van der Waals surface area contributed by atoms with Gasteiger partial charge in [0, 0.05) is 20.7 Å². The van der Waals surface area contributed by atoms with Gasteiger partial charge in [-0.2, -0.15) is 0 Å². The third kappa shape index (κ3) is 2.66. The molecule has 1 unspecified atom stereocenters. The molecule has 2 nitrogen and oxygen atoms in total. The van der Waals surface area contributed by atoms with E-state index >= 15 is 0 Å². The molecule has 0 amide bonds. The molecule has 1 heterocycles. The van der Waals surface area contributed by atoms with E-state index in [2.05, 4.69) is 11.1 Å². The van der Waals surface area contributed by atoms with E-state index in [9.17, 15) is 0 Å². The topological polar surface area (TPSA) is 38.4 Å². The molecule has 1 aliphatic rings. The van der Waals surface area contributed by atoms with E-state index in [1.165, 1.54) is 0 Å². The summed E-state index contributed by atoms with van der Waals surface area (Å²) in [7, 11) is 0. The normalized spacial score (nSPS) is 18.1. The van der Waals surface area contributed by atoms with Gasteiger partial charge in [-0.1, -0.05) is 41.4 Å². The van der Waals surface area contributed by atoms with Crippen LogP contribution in [0.2, 0.25) is 10.0 Å². The third-order valence-corrected chi connectivity index (χ3v) is 4.93. The number of nitrogens with two attached hydrogens (primary N) is 1. The number of amidine groups is 1. The second-order valence-electron chi connectivity index (χ2n) is 4.53. The zero-order valence-corrected chi connectivity index (χ0v) is 12.8. The molecular formula is C15H12Cl2N2S. The summed E-state index contributed by atoms with van der Waals surface area (Å²) >= 11 is 14.0. The first-order valence-corrected chi connectivity index (χ1v) is 7.90. The summed E-state index contributed by atoms with van der Waals surface area (Å²) in [5, 5.41) is 1.26. The Morgan fingerprint density at radius 1 is 1.15 bits per heavy atom. The van der Waals surface area contributed by atoms with Crippen molar-refractivity contribution >= 4 is 46.5 Å². The monoisotopic (exact) mass is 322 g/mol. The highest BCUT2D eigenvalue weighted by molar-refractivity contribution is 7.99. The minimum atomic E-state index is -0.00262. The molecule has 0 spiro atoms. The molecular weight excluding hydrogens is 311 g/mol. The van der Waals surface area contributed by atoms with Crippen LogP contribution in [-0.4, -0.2) is 11.6 Å². The maximum Gasteiger partial charge on any atom is 0.108 e. The molecule has 1 aliphatic heterocycles. The molecule has 102 valence electrons. The lowest BCUT2D eigenvalue weighted by Crippen LogP contribution is -2.23. The molecule has 0 saturated carbocycles. The fraction of sp³-hybridized carbons (Fsp3) is 0.133. The Morgan fingerprint density at radius 3 is 2.75 bits per heavy atom. The summed E-state index contributed by atoms with van der Waals surface area (Å²) in [5.74, 6) is 1.40. The van der Waals surface area contributed by atoms with E-state index in [-0.39, 0.29) is 5.92 Å². The number of hydrogen-bond acceptors (Lipinski definition) is 3. The summed E-state index contributed by atoms with van der Waals surface area (Å²) in [6.45, 7) is 0. The van der Waals surface area contributed by atoms with Crippen molar-refractivity contribution in [2.24, 2.45) is 10.7 Å². The van der Waals surface area contributed by atoms with Gasteiger partial charge in [0.15, 0.2) is 0 Å². The number of halogens is 2. The zero-order chi connectivity index (χ0) is 14.1. The second kappa shape index (κ2) is 5.68. The lowest BCUT2D eigenvalue weighted by molar-refractivity contribution is 1.02. The summed E-state index contributed by atoms with van der Waals surface area (Å²) in [5.41, 5.74) is 8.07. The van der Waals surface area contributed by atoms with Crippen LogP contribution in [0.4, 0.5) is 5.69 Å². The predicted molar refractivity (Wildman–Crippen MR) is 87.7 cm³/mol. The molecule has 5 heteroatoms. The molecule has 2 aromatic carbocycles. The van der Waals surface area contributed by atoms with Crippen molar-refractivity contribution in [2.45, 2.75) is 10.8 Å². The average molecular weight is 323 g/mol. The number of thioether (sulfide) groups is 1. The van der Waals surface area contributed by atoms with Crippen LogP contribution in [0.25, 0.3) is 0 Å². The molecule has 0 radical (unpaired) electrons. The minimum absolute atomic E-state index is 0.00262. The first kappa shape index (κ1) is 13.8. The SMILES string of the molecule is NC1=Nc2ccccc2SCC1c1ccc(Cl)cc1Cl. The van der Waals surface area contributed by atoms with E-state index in [1.807, 2.05) is 30.3 Å². The van der Waals surface area contributed by atoms with Crippen LogP contribution in [-0.2, 0) is 0 Å². The Morgan fingerprint density at radius 2 is 1.95 bits per heavy atom. The highest BCUT2D eigenvalue weighted by atomic mass is 35.5. The van der Waals surface area contributed by atoms with Gasteiger partial charge in [0.1, 0.15) is 5.84 Å². The Balaban J connectivity index is 2.01. The Hall–Kier alpha value is -1.16. The van der Waals surface area contributed by atoms with Gasteiger partial charge in [-0.05, 0) is 29.8 Å². The Kier molecular flexibility index (Phi) is 3.92. The Labute approximate surface area is 132 Å². The fourth-order valence-corrected chi connectivity index (χ4v) is 3.85. The average Bonchev–Trinajstić information content (AvgIpc) is 2.58. The first-order valence-electron chi connectivity index (χ1n) is 6.16. The fourth-order valence-electron chi connectivity index (χ4n) is 2.18. The van der Waals surface area contributed by atoms with Gasteiger partial charge < -0.3 is 5.73 Å². The lowest BCUT2D eigenvalue weighted by atomic mass is 10.00. The van der Waals surface area contributed by atoms with Gasteiger partial charge in [-0.3, -0.25) is 0 Å². The molecule has 0 bridgehead atoms. The highest BCUT2D eigenvalue weighted by Gasteiger charge is 2.23. The summed E-state index contributed by atoms with van der Waals surface area (Å²) in [4.78, 5) is 5.68. The molecule has 3 rings (SSSR count). The molecule has 0 fully saturated rings. The van der Waals surface area contributed by atoms with E-state index in [1.54, 1.807) is 17.8 Å². The number of para-hydroxylation sites is 1. The van der Waals surface area contributed by atoms with Gasteiger partial charge in [0.05, 0.1) is 11.6 Å². The Bertz CT molecular complexity index is 685. The largest absolute Gasteiger partial charge is 0.387 e. The lowest BCUT2D eigenvalue weighted by Gasteiger charge is -2.16. The number of rotatable bonds is 1. The number of nitrogens with zero attached hydrogens (tertiary/aromatic N) is 1. The summed E-state index contributed by atoms with van der Waals surface area (Å²) < 4.78 is 0. The molecule has 0 aromatic heterocycles. The van der Waals surface area contributed by atoms with Gasteiger partial charge in [-0.25, -0.2) is 4.99 Å². The molecule has 20 heavy (non-hydrogen) atoms. The van der Waals surface area contributed by atoms with E-state index in [0.29, 0.717) is 15.9 Å². The van der Waals surface area contributed by atoms with Crippen LogP contribution < -0.4 is 5.73 Å². The molecule has 0 saturated heterocycles. The molecule has 2 aromatic rings. The maximum atomic E-state index is 6.29. The first-order chi connectivity index (χ1) is 9.65. The molecule has 0 aliphatic carbocycles. The van der Waals surface area contributed by atoms with E-state index in [0.717, 1.165) is 21.9 Å². The van der Waals surface area contributed by atoms with Crippen LogP contribution in [0.1, 0.15) is 11.5 Å². The van der Waals surface area contributed by atoms with Crippen LogP contribution in [0, 0.1) is 0 Å². The maximum absolute atomic E-state index is 6.29. The number of benzene rings is 2. The standard InChI is InChI=1S/C15H12Cl2N2S/c16-9-5-6-10(12(17)7-9)11-8-20-14-4-2-1-3-13(14)19-15(11)18/h1-7,11H,8H2,(H2,18,19). The van der Waals surface area contributed by atoms with E-state index in [4.69, 9.17) is 28.9 Å². The number of aliphatic imine (C=N–C) groups is 1. The van der Waals surface area contributed by atoms with Crippen molar-refractivity contribution in [3.8, 4) is 0 Å². The molecule has 1 atom stereocenters. The smallest absolute Gasteiger partial charge is 0.108 e. The molecule has 2 N–H and O–H groups in total. The van der Waals surface area contributed by atoms with Gasteiger partial charge in [0.2, 0.25) is 0 Å². The van der Waals surface area contributed by atoms with Crippen LogP contribution in [0.5, 0.6) is 0 Å². The zero-order valence-electron chi connectivity index (χ0n) is 10.5. The van der Waals surface area contributed by atoms with Crippen molar-refractivity contribution in [1.29, 1.82) is 0 Å². The van der Waals surface area contributed by atoms with Crippen molar-refractivity contribution < 1.29 is 0 Å². The third-order valence-electron chi connectivity index (χ3n) is 3.22. The van der Waals surface area contributed by atoms with Crippen LogP contribution >= 0.6 is 35.0 Å². The van der Waals surface area contributed by atoms with E-state index < -0.39 is 0 Å². The number of fused-ring (bicyclic) bond motifs is 1. The van der Waals surface area contributed by atoms with Crippen molar-refractivity contribution in [1.82, 2.24) is 0 Å². The number of hydrogen-bond donors (Lipinski definition) is 1. The quantitative estimate of drug-likeness (QED) is 0.813.